The van der Waals surface area contributed by atoms with Crippen molar-refractivity contribution in [3.05, 3.63) is 6.57 Å². The number of hydrogen-bond acceptors (Lipinski definition) is 1. The molecule has 0 aromatic carbocycles. The Balaban J connectivity index is -0.0000000275. The van der Waals surface area contributed by atoms with Gasteiger partial charge in [-0.25, -0.2) is 0 Å². The van der Waals surface area contributed by atoms with E-state index in [1.54, 1.807) is 0 Å². The van der Waals surface area contributed by atoms with Crippen molar-refractivity contribution in [2.75, 3.05) is 0 Å². The van der Waals surface area contributed by atoms with Crippen LogP contribution in [0, 0.1) is 11.8 Å². The Kier molecular flexibility index (Phi) is 78.2. The zero-order valence-corrected chi connectivity index (χ0v) is 8.18. The Labute approximate surface area is 72.3 Å². The quantitative estimate of drug-likeness (QED) is 0.494. The van der Waals surface area contributed by atoms with Crippen molar-refractivity contribution in [1.82, 2.24) is 0 Å². The summed E-state index contributed by atoms with van der Waals surface area (Å²) in [4.78, 5) is 0. The van der Waals surface area contributed by atoms with Gasteiger partial charge in [-0.15, -0.1) is 0 Å². The molecule has 0 aliphatic carbocycles. The van der Waals surface area contributed by atoms with Crippen LogP contribution in [-0.4, -0.2) is 0 Å². The maximum atomic E-state index is 6.25. The molecule has 0 amide bonds. The number of hydrogen-bond donors (Lipinski definition) is 0. The van der Waals surface area contributed by atoms with Crippen LogP contribution < -0.4 is 0 Å². The molecule has 5 heteroatoms. The summed E-state index contributed by atoms with van der Waals surface area (Å²) in [6, 6.07) is 0. The summed E-state index contributed by atoms with van der Waals surface area (Å²) in [6.07, 6.45) is 0. The van der Waals surface area contributed by atoms with Crippen LogP contribution >= 0.6 is 28.2 Å². The van der Waals surface area contributed by atoms with E-state index in [0.29, 0.717) is 0 Å². The van der Waals surface area contributed by atoms with Crippen molar-refractivity contribution in [3.8, 4) is 0 Å². The van der Waals surface area contributed by atoms with Gasteiger partial charge >= 0.3 is 39.6 Å². The SMILES string of the molecule is [Br][Cu][Br].[C-]#N.[Ti]. The fourth-order valence-electron chi connectivity index (χ4n) is 0. The van der Waals surface area contributed by atoms with E-state index < -0.39 is 0 Å². The van der Waals surface area contributed by atoms with Gasteiger partial charge < -0.3 is 11.8 Å². The minimum Gasteiger partial charge on any atom is -0.512 e. The van der Waals surface area contributed by atoms with Crippen LogP contribution in [0.25, 0.3) is 0 Å². The van der Waals surface area contributed by atoms with Crippen LogP contribution in [0.1, 0.15) is 0 Å². The molecule has 0 bridgehead atoms. The second-order valence-corrected chi connectivity index (χ2v) is 4.80. The van der Waals surface area contributed by atoms with Gasteiger partial charge in [0, 0.05) is 21.7 Å². The molecule has 0 atom stereocenters. The molecule has 0 fully saturated rings. The Morgan fingerprint density at radius 1 is 1.33 bits per heavy atom. The Hall–Kier alpha value is 1.68. The molecular weight excluding hydrogens is 297 g/mol. The molecule has 0 aliphatic heterocycles. The molecule has 0 heterocycles. The normalized spacial score (nSPS) is 4.00. The van der Waals surface area contributed by atoms with E-state index >= 15 is 0 Å². The van der Waals surface area contributed by atoms with Crippen LogP contribution in [0.4, 0.5) is 0 Å². The van der Waals surface area contributed by atoms with E-state index in [1.165, 1.54) is 11.3 Å². The zero-order valence-electron chi connectivity index (χ0n) is 2.50. The van der Waals surface area contributed by atoms with E-state index in [4.69, 9.17) is 11.8 Å². The molecule has 39 valence electrons. The minimum absolute atomic E-state index is 0. The van der Waals surface area contributed by atoms with Crippen molar-refractivity contribution in [2.24, 2.45) is 0 Å². The Morgan fingerprint density at radius 2 is 1.33 bits per heavy atom. The van der Waals surface area contributed by atoms with Crippen molar-refractivity contribution < 1.29 is 33.1 Å². The minimum atomic E-state index is 0. The Bertz CT molecular complexity index is 24.8. The topological polar surface area (TPSA) is 23.8 Å². The Morgan fingerprint density at radius 3 is 1.33 bits per heavy atom. The summed E-state index contributed by atoms with van der Waals surface area (Å²) in [5.74, 6) is 0. The predicted octanol–water partition coefficient (Wildman–Crippen LogP) is 1.78. The van der Waals surface area contributed by atoms with E-state index in [-0.39, 0.29) is 21.7 Å². The summed E-state index contributed by atoms with van der Waals surface area (Å²) in [5.41, 5.74) is 0. The van der Waals surface area contributed by atoms with Gasteiger partial charge in [0.1, 0.15) is 0 Å². The smallest absolute Gasteiger partial charge is 0 e. The average molecular weight is 297 g/mol. The fraction of sp³-hybridized carbons (Fsp3) is 0. The van der Waals surface area contributed by atoms with Gasteiger partial charge in [-0.05, 0) is 0 Å². The van der Waals surface area contributed by atoms with E-state index in [2.05, 4.69) is 28.2 Å². The van der Waals surface area contributed by atoms with Crippen LogP contribution in [0.2, 0.25) is 0 Å². The van der Waals surface area contributed by atoms with Gasteiger partial charge in [0.2, 0.25) is 0 Å². The number of nitrogens with zero attached hydrogens (tertiary/aromatic N) is 1. The van der Waals surface area contributed by atoms with E-state index in [1.807, 2.05) is 0 Å². The number of rotatable bonds is 0. The van der Waals surface area contributed by atoms with Gasteiger partial charge in [0.25, 0.3) is 0 Å². The monoisotopic (exact) mass is 295 g/mol. The average Bonchev–Trinajstić information content (AvgIpc) is 1.46. The van der Waals surface area contributed by atoms with E-state index in [9.17, 15) is 0 Å². The summed E-state index contributed by atoms with van der Waals surface area (Å²) in [6.45, 7) is 4.75. The van der Waals surface area contributed by atoms with Crippen molar-refractivity contribution in [3.63, 3.8) is 0 Å². The summed E-state index contributed by atoms with van der Waals surface area (Å²) in [5, 5.41) is 6.25. The molecule has 0 spiro atoms. The standard InChI is InChI=1S/CN.2BrH.Cu.Ti/c1-2;;;;/h;2*1H;;/q-1;;;+2;/p-2. The molecule has 6 heavy (non-hydrogen) atoms. The number of halogens is 2. The molecule has 1 nitrogen and oxygen atoms in total. The van der Waals surface area contributed by atoms with Gasteiger partial charge in [-0.3, -0.25) is 0 Å². The first-order valence-electron chi connectivity index (χ1n) is 0.452. The first-order chi connectivity index (χ1) is 2.41. The molecule has 0 radical (unpaired) electrons. The molecule has 0 rings (SSSR count). The zero-order chi connectivity index (χ0) is 4.71. The summed E-state index contributed by atoms with van der Waals surface area (Å²) in [7, 11) is 0. The summed E-state index contributed by atoms with van der Waals surface area (Å²) < 4.78 is 0. The third-order valence-corrected chi connectivity index (χ3v) is 0. The molecule has 0 saturated carbocycles. The van der Waals surface area contributed by atoms with Crippen LogP contribution in [-0.2, 0) is 33.1 Å². The van der Waals surface area contributed by atoms with Gasteiger partial charge in [0.15, 0.2) is 0 Å². The van der Waals surface area contributed by atoms with E-state index in [0.717, 1.165) is 0 Å². The third kappa shape index (κ3) is 44.0. The van der Waals surface area contributed by atoms with Crippen LogP contribution in [0.3, 0.4) is 0 Å². The second kappa shape index (κ2) is 30.0. The molecule has 0 aliphatic rings. The molecule has 0 aromatic heterocycles. The van der Waals surface area contributed by atoms with Crippen molar-refractivity contribution >= 4 is 28.2 Å². The second-order valence-electron chi connectivity index (χ2n) is 0.0431. The van der Waals surface area contributed by atoms with Crippen molar-refractivity contribution in [2.45, 2.75) is 0 Å². The maximum absolute atomic E-state index is 6.25. The van der Waals surface area contributed by atoms with Gasteiger partial charge in [0.05, 0.1) is 0 Å². The first-order valence-corrected chi connectivity index (χ1v) is 5.11. The largest absolute Gasteiger partial charge is 0.512 e. The van der Waals surface area contributed by atoms with Crippen molar-refractivity contribution in [1.29, 1.82) is 5.26 Å². The molecule has 0 N–H and O–H groups in total. The maximum Gasteiger partial charge on any atom is 0 e. The van der Waals surface area contributed by atoms with Gasteiger partial charge in [-0.2, -0.15) is 0 Å². The third-order valence-electron chi connectivity index (χ3n) is 0. The first kappa shape index (κ1) is 15.6. The van der Waals surface area contributed by atoms with Crippen LogP contribution in [0.5, 0.6) is 0 Å². The molecule has 0 saturated heterocycles. The van der Waals surface area contributed by atoms with Gasteiger partial charge in [-0.1, -0.05) is 0 Å². The van der Waals surface area contributed by atoms with Crippen LogP contribution in [0.15, 0.2) is 0 Å². The molecule has 0 unspecified atom stereocenters. The predicted molar refractivity (Wildman–Crippen MR) is 22.8 cm³/mol. The molecular formula is CBr2CuNTi-. The summed E-state index contributed by atoms with van der Waals surface area (Å²) >= 11 is 7.38. The fourth-order valence-corrected chi connectivity index (χ4v) is 0. The molecule has 0 aromatic rings.